The summed E-state index contributed by atoms with van der Waals surface area (Å²) < 4.78 is 42.1. The van der Waals surface area contributed by atoms with Crippen molar-refractivity contribution >= 4 is 11.7 Å². The quantitative estimate of drug-likeness (QED) is 0.359. The first kappa shape index (κ1) is 15.9. The minimum atomic E-state index is -4.70. The first-order chi connectivity index (χ1) is 9.25. The molecule has 1 aromatic rings. The van der Waals surface area contributed by atoms with Crippen LogP contribution in [0, 0.1) is 10.1 Å². The van der Waals surface area contributed by atoms with Gasteiger partial charge in [0.25, 0.3) is 0 Å². The van der Waals surface area contributed by atoms with Gasteiger partial charge in [-0.05, 0) is 18.6 Å². The zero-order chi connectivity index (χ0) is 15.3. The molecule has 0 spiro atoms. The number of unbranched alkanes of at least 4 members (excludes halogenated alkanes) is 1. The summed E-state index contributed by atoms with van der Waals surface area (Å²) in [5, 5.41) is 10.7. The second kappa shape index (κ2) is 6.36. The maximum absolute atomic E-state index is 12.5. The number of halogens is 3. The zero-order valence-electron chi connectivity index (χ0n) is 10.6. The Hall–Kier alpha value is -2.12. The minimum Gasteiger partial charge on any atom is -0.419 e. The molecule has 0 radical (unpaired) electrons. The number of esters is 1. The Kier molecular flexibility index (Phi) is 5.06. The number of carbonyl (C=O) groups is 1. The Balaban J connectivity index is 3.02. The van der Waals surface area contributed by atoms with Gasteiger partial charge in [0.2, 0.25) is 5.75 Å². The molecule has 20 heavy (non-hydrogen) atoms. The number of ether oxygens (including phenoxy) is 1. The monoisotopic (exact) mass is 291 g/mol. The fourth-order valence-electron chi connectivity index (χ4n) is 1.42. The van der Waals surface area contributed by atoms with Crippen LogP contribution in [0.4, 0.5) is 18.9 Å². The van der Waals surface area contributed by atoms with E-state index in [1.54, 1.807) is 0 Å². The van der Waals surface area contributed by atoms with Crippen LogP contribution in [0.3, 0.4) is 0 Å². The van der Waals surface area contributed by atoms with Crippen LogP contribution in [0.5, 0.6) is 5.75 Å². The molecule has 8 heteroatoms. The molecule has 0 aromatic heterocycles. The molecule has 0 atom stereocenters. The molecule has 0 unspecified atom stereocenters. The van der Waals surface area contributed by atoms with Crippen molar-refractivity contribution in [3.05, 3.63) is 33.9 Å². The van der Waals surface area contributed by atoms with Crippen molar-refractivity contribution in [3.63, 3.8) is 0 Å². The molecule has 110 valence electrons. The van der Waals surface area contributed by atoms with Crippen molar-refractivity contribution < 1.29 is 27.6 Å². The van der Waals surface area contributed by atoms with Crippen molar-refractivity contribution in [1.82, 2.24) is 0 Å². The average molecular weight is 291 g/mol. The van der Waals surface area contributed by atoms with E-state index in [1.165, 1.54) is 0 Å². The number of alkyl halides is 3. The van der Waals surface area contributed by atoms with Gasteiger partial charge in [0, 0.05) is 12.5 Å². The van der Waals surface area contributed by atoms with Crippen LogP contribution < -0.4 is 4.74 Å². The van der Waals surface area contributed by atoms with Crippen molar-refractivity contribution in [3.8, 4) is 5.75 Å². The predicted molar refractivity (Wildman–Crippen MR) is 63.3 cm³/mol. The molecular weight excluding hydrogens is 279 g/mol. The molecule has 0 aliphatic heterocycles. The Morgan fingerprint density at radius 1 is 1.40 bits per heavy atom. The number of carbonyl (C=O) groups excluding carboxylic acids is 1. The second-order valence-electron chi connectivity index (χ2n) is 4.01. The van der Waals surface area contributed by atoms with E-state index in [9.17, 15) is 28.1 Å². The summed E-state index contributed by atoms with van der Waals surface area (Å²) in [4.78, 5) is 21.1. The van der Waals surface area contributed by atoms with E-state index < -0.39 is 34.1 Å². The lowest BCUT2D eigenvalue weighted by molar-refractivity contribution is -0.385. The second-order valence-corrected chi connectivity index (χ2v) is 4.01. The van der Waals surface area contributed by atoms with E-state index in [1.807, 2.05) is 6.92 Å². The number of hydrogen-bond acceptors (Lipinski definition) is 4. The SMILES string of the molecule is CCCCC(=O)Oc1ccc(C(F)(F)F)cc1[N+](=O)[O-]. The van der Waals surface area contributed by atoms with E-state index in [4.69, 9.17) is 4.74 Å². The van der Waals surface area contributed by atoms with Gasteiger partial charge in [-0.15, -0.1) is 0 Å². The highest BCUT2D eigenvalue weighted by atomic mass is 19.4. The van der Waals surface area contributed by atoms with Gasteiger partial charge in [0.1, 0.15) is 0 Å². The van der Waals surface area contributed by atoms with Crippen molar-refractivity contribution in [2.45, 2.75) is 32.4 Å². The summed E-state index contributed by atoms with van der Waals surface area (Å²) in [7, 11) is 0. The van der Waals surface area contributed by atoms with E-state index in [2.05, 4.69) is 0 Å². The third-order valence-corrected chi connectivity index (χ3v) is 2.44. The van der Waals surface area contributed by atoms with Gasteiger partial charge < -0.3 is 4.74 Å². The summed E-state index contributed by atoms with van der Waals surface area (Å²) in [6.07, 6.45) is -3.39. The van der Waals surface area contributed by atoms with Crippen LogP contribution in [0.25, 0.3) is 0 Å². The molecule has 0 N–H and O–H groups in total. The normalized spacial score (nSPS) is 11.2. The third-order valence-electron chi connectivity index (χ3n) is 2.44. The number of nitrogens with zero attached hydrogens (tertiary/aromatic N) is 1. The first-order valence-corrected chi connectivity index (χ1v) is 5.82. The fraction of sp³-hybridized carbons (Fsp3) is 0.417. The average Bonchev–Trinajstić information content (AvgIpc) is 2.35. The Labute approximate surface area is 112 Å². The van der Waals surface area contributed by atoms with Crippen molar-refractivity contribution in [1.29, 1.82) is 0 Å². The number of rotatable bonds is 5. The third kappa shape index (κ3) is 4.22. The van der Waals surface area contributed by atoms with Gasteiger partial charge in [-0.2, -0.15) is 13.2 Å². The van der Waals surface area contributed by atoms with E-state index in [-0.39, 0.29) is 6.42 Å². The number of hydrogen-bond donors (Lipinski definition) is 0. The van der Waals surface area contributed by atoms with Gasteiger partial charge >= 0.3 is 17.8 Å². The largest absolute Gasteiger partial charge is 0.419 e. The van der Waals surface area contributed by atoms with Crippen LogP contribution >= 0.6 is 0 Å². The van der Waals surface area contributed by atoms with Crippen LogP contribution in [-0.2, 0) is 11.0 Å². The maximum Gasteiger partial charge on any atom is 0.416 e. The van der Waals surface area contributed by atoms with E-state index >= 15 is 0 Å². The van der Waals surface area contributed by atoms with Crippen LogP contribution in [0.1, 0.15) is 31.7 Å². The first-order valence-electron chi connectivity index (χ1n) is 5.82. The summed E-state index contributed by atoms with van der Waals surface area (Å²) in [5.74, 6) is -1.20. The fourth-order valence-corrected chi connectivity index (χ4v) is 1.42. The number of benzene rings is 1. The lowest BCUT2D eigenvalue weighted by Gasteiger charge is -2.09. The highest BCUT2D eigenvalue weighted by Gasteiger charge is 2.33. The minimum absolute atomic E-state index is 0.0503. The number of nitro groups is 1. The van der Waals surface area contributed by atoms with Gasteiger partial charge in [0.05, 0.1) is 10.5 Å². The van der Waals surface area contributed by atoms with E-state index in [0.717, 1.165) is 12.5 Å². The summed E-state index contributed by atoms with van der Waals surface area (Å²) >= 11 is 0. The van der Waals surface area contributed by atoms with Crippen LogP contribution in [-0.4, -0.2) is 10.9 Å². The summed E-state index contributed by atoms with van der Waals surface area (Å²) in [5.41, 5.74) is -2.05. The molecule has 0 saturated heterocycles. The maximum atomic E-state index is 12.5. The number of nitro benzene ring substituents is 1. The van der Waals surface area contributed by atoms with Gasteiger partial charge in [-0.1, -0.05) is 13.3 Å². The predicted octanol–water partition coefficient (Wildman–Crippen LogP) is 3.71. The van der Waals surface area contributed by atoms with Crippen LogP contribution in [0.15, 0.2) is 18.2 Å². The Morgan fingerprint density at radius 2 is 2.05 bits per heavy atom. The lowest BCUT2D eigenvalue weighted by atomic mass is 10.2. The zero-order valence-corrected chi connectivity index (χ0v) is 10.6. The van der Waals surface area contributed by atoms with Gasteiger partial charge in [0.15, 0.2) is 0 Å². The molecule has 0 aliphatic carbocycles. The highest BCUT2D eigenvalue weighted by Crippen LogP contribution is 2.36. The topological polar surface area (TPSA) is 69.4 Å². The molecule has 0 amide bonds. The Morgan fingerprint density at radius 3 is 2.55 bits per heavy atom. The van der Waals surface area contributed by atoms with Gasteiger partial charge in [-0.25, -0.2) is 0 Å². The van der Waals surface area contributed by atoms with Crippen molar-refractivity contribution in [2.24, 2.45) is 0 Å². The van der Waals surface area contributed by atoms with Crippen molar-refractivity contribution in [2.75, 3.05) is 0 Å². The molecule has 0 heterocycles. The Bertz CT molecular complexity index is 514. The summed E-state index contributed by atoms with van der Waals surface area (Å²) in [6, 6.07) is 1.77. The molecule has 0 fully saturated rings. The lowest BCUT2D eigenvalue weighted by Crippen LogP contribution is -2.10. The van der Waals surface area contributed by atoms with E-state index in [0.29, 0.717) is 18.6 Å². The highest BCUT2D eigenvalue weighted by molar-refractivity contribution is 5.73. The van der Waals surface area contributed by atoms with Gasteiger partial charge in [-0.3, -0.25) is 14.9 Å². The van der Waals surface area contributed by atoms with Crippen LogP contribution in [0.2, 0.25) is 0 Å². The molecule has 5 nitrogen and oxygen atoms in total. The molecular formula is C12H12F3NO4. The molecule has 0 bridgehead atoms. The molecule has 0 aliphatic rings. The smallest absolute Gasteiger partial charge is 0.416 e. The molecule has 1 aromatic carbocycles. The molecule has 0 saturated carbocycles. The standard InChI is InChI=1S/C12H12F3NO4/c1-2-3-4-11(17)20-10-6-5-8(12(13,14)15)7-9(10)16(18)19/h5-7H,2-4H2,1H3. The summed E-state index contributed by atoms with van der Waals surface area (Å²) in [6.45, 7) is 1.84. The molecule has 1 rings (SSSR count).